The van der Waals surface area contributed by atoms with E-state index in [4.69, 9.17) is 16.4 Å². The van der Waals surface area contributed by atoms with Gasteiger partial charge in [0.15, 0.2) is 6.73 Å². The zero-order valence-electron chi connectivity index (χ0n) is 15.0. The minimum atomic E-state index is -0.150. The molecule has 0 radical (unpaired) electrons. The standard InChI is InChI=1S/C19H26ClIN2O2/c1-3-14-9-10-15(12-21)17(4-2)19(14)23(18(24)11-20)13-25-22-16-7-5-6-8-16/h9-10H,3-8,11-13H2,1-2H3. The van der Waals surface area contributed by atoms with Crippen molar-refractivity contribution >= 4 is 51.5 Å². The Balaban J connectivity index is 2.35. The number of rotatable bonds is 8. The van der Waals surface area contributed by atoms with Gasteiger partial charge in [-0.15, -0.1) is 11.6 Å². The molecule has 1 aromatic rings. The molecular formula is C19H26ClIN2O2. The van der Waals surface area contributed by atoms with Crippen molar-refractivity contribution in [2.75, 3.05) is 17.5 Å². The molecule has 0 aliphatic heterocycles. The maximum Gasteiger partial charge on any atom is 0.244 e. The van der Waals surface area contributed by atoms with Gasteiger partial charge in [-0.25, -0.2) is 0 Å². The molecule has 4 nitrogen and oxygen atoms in total. The van der Waals surface area contributed by atoms with Gasteiger partial charge in [-0.3, -0.25) is 9.69 Å². The number of anilines is 1. The number of hydrogen-bond acceptors (Lipinski definition) is 3. The van der Waals surface area contributed by atoms with Crippen molar-refractivity contribution in [2.24, 2.45) is 5.16 Å². The Morgan fingerprint density at radius 3 is 2.48 bits per heavy atom. The maximum atomic E-state index is 12.5. The summed E-state index contributed by atoms with van der Waals surface area (Å²) in [7, 11) is 0. The van der Waals surface area contributed by atoms with Gasteiger partial charge in [-0.2, -0.15) is 0 Å². The summed E-state index contributed by atoms with van der Waals surface area (Å²) >= 11 is 8.25. The predicted octanol–water partition coefficient (Wildman–Crippen LogP) is 5.22. The van der Waals surface area contributed by atoms with Gasteiger partial charge in [0.1, 0.15) is 5.88 Å². The second-order valence-corrected chi connectivity index (χ2v) is 7.16. The smallest absolute Gasteiger partial charge is 0.244 e. The highest BCUT2D eigenvalue weighted by Crippen LogP contribution is 2.31. The van der Waals surface area contributed by atoms with Gasteiger partial charge in [0.25, 0.3) is 0 Å². The Morgan fingerprint density at radius 1 is 1.24 bits per heavy atom. The fourth-order valence-electron chi connectivity index (χ4n) is 3.25. The Labute approximate surface area is 169 Å². The van der Waals surface area contributed by atoms with E-state index in [0.717, 1.165) is 47.1 Å². The van der Waals surface area contributed by atoms with Crippen LogP contribution in [0.15, 0.2) is 17.3 Å². The molecule has 1 amide bonds. The van der Waals surface area contributed by atoms with Gasteiger partial charge in [0, 0.05) is 4.43 Å². The van der Waals surface area contributed by atoms with E-state index in [1.165, 1.54) is 24.0 Å². The first kappa shape index (κ1) is 20.5. The lowest BCUT2D eigenvalue weighted by molar-refractivity contribution is -0.117. The number of hydrogen-bond donors (Lipinski definition) is 0. The summed E-state index contributed by atoms with van der Waals surface area (Å²) in [4.78, 5) is 19.8. The van der Waals surface area contributed by atoms with E-state index in [1.807, 2.05) is 0 Å². The average Bonchev–Trinajstić information content (AvgIpc) is 3.16. The number of aryl methyl sites for hydroxylation is 1. The molecule has 25 heavy (non-hydrogen) atoms. The monoisotopic (exact) mass is 476 g/mol. The number of carbonyl (C=O) groups excluding carboxylic acids is 1. The molecule has 2 rings (SSSR count). The lowest BCUT2D eigenvalue weighted by Gasteiger charge is -2.27. The van der Waals surface area contributed by atoms with Gasteiger partial charge in [-0.05, 0) is 55.2 Å². The largest absolute Gasteiger partial charge is 0.373 e. The quantitative estimate of drug-likeness (QED) is 0.223. The summed E-state index contributed by atoms with van der Waals surface area (Å²) in [5.74, 6) is -0.218. The van der Waals surface area contributed by atoms with Crippen molar-refractivity contribution in [2.45, 2.75) is 56.8 Å². The van der Waals surface area contributed by atoms with Crippen LogP contribution in [0.3, 0.4) is 0 Å². The Kier molecular flexibility index (Phi) is 8.49. The van der Waals surface area contributed by atoms with Crippen LogP contribution in [0.5, 0.6) is 0 Å². The van der Waals surface area contributed by atoms with E-state index < -0.39 is 0 Å². The second-order valence-electron chi connectivity index (χ2n) is 6.13. The summed E-state index contributed by atoms with van der Waals surface area (Å²) in [6, 6.07) is 4.27. The third-order valence-corrected chi connectivity index (χ3v) is 5.64. The van der Waals surface area contributed by atoms with E-state index in [2.05, 4.69) is 53.7 Å². The molecule has 0 saturated heterocycles. The zero-order valence-corrected chi connectivity index (χ0v) is 17.9. The lowest BCUT2D eigenvalue weighted by atomic mass is 9.97. The Bertz CT molecular complexity index is 626. The molecule has 0 spiro atoms. The number of halogens is 2. The number of benzene rings is 1. The highest BCUT2D eigenvalue weighted by Gasteiger charge is 2.23. The number of alkyl halides is 2. The van der Waals surface area contributed by atoms with E-state index in [-0.39, 0.29) is 18.5 Å². The molecule has 0 unspecified atom stereocenters. The number of amides is 1. The van der Waals surface area contributed by atoms with Crippen LogP contribution in [0.25, 0.3) is 0 Å². The molecule has 0 bridgehead atoms. The molecule has 138 valence electrons. The van der Waals surface area contributed by atoms with Gasteiger partial charge >= 0.3 is 0 Å². The van der Waals surface area contributed by atoms with Crippen molar-refractivity contribution in [3.05, 3.63) is 28.8 Å². The number of carbonyl (C=O) groups is 1. The molecule has 1 aliphatic carbocycles. The maximum absolute atomic E-state index is 12.5. The Morgan fingerprint density at radius 2 is 1.92 bits per heavy atom. The second kappa shape index (κ2) is 10.4. The first-order valence-electron chi connectivity index (χ1n) is 8.89. The first-order valence-corrected chi connectivity index (χ1v) is 11.0. The van der Waals surface area contributed by atoms with Gasteiger partial charge < -0.3 is 4.84 Å². The molecule has 0 atom stereocenters. The van der Waals surface area contributed by atoms with Gasteiger partial charge in [0.2, 0.25) is 5.91 Å². The molecule has 0 aromatic heterocycles. The fourth-order valence-corrected chi connectivity index (χ4v) is 4.11. The molecule has 1 saturated carbocycles. The first-order chi connectivity index (χ1) is 12.2. The van der Waals surface area contributed by atoms with Crippen LogP contribution >= 0.6 is 34.2 Å². The summed E-state index contributed by atoms with van der Waals surface area (Å²) in [6.07, 6.45) is 6.04. The van der Waals surface area contributed by atoms with Crippen LogP contribution in [-0.2, 0) is 26.9 Å². The van der Waals surface area contributed by atoms with Crippen LogP contribution in [0.4, 0.5) is 5.69 Å². The number of oxime groups is 1. The molecule has 1 fully saturated rings. The Hall–Kier alpha value is -0.820. The molecule has 0 heterocycles. The minimum absolute atomic E-state index is 0.0687. The van der Waals surface area contributed by atoms with Crippen LogP contribution in [0, 0.1) is 0 Å². The molecule has 0 N–H and O–H groups in total. The molecule has 6 heteroatoms. The van der Waals surface area contributed by atoms with Crippen molar-refractivity contribution in [3.8, 4) is 0 Å². The van der Waals surface area contributed by atoms with E-state index in [1.54, 1.807) is 4.90 Å². The average molecular weight is 477 g/mol. The molecular weight excluding hydrogens is 451 g/mol. The van der Waals surface area contributed by atoms with Crippen LogP contribution in [0.1, 0.15) is 56.2 Å². The van der Waals surface area contributed by atoms with Gasteiger partial charge in [0.05, 0.1) is 11.4 Å². The van der Waals surface area contributed by atoms with Crippen LogP contribution < -0.4 is 4.90 Å². The van der Waals surface area contributed by atoms with Crippen molar-refractivity contribution in [1.29, 1.82) is 0 Å². The third-order valence-electron chi connectivity index (χ3n) is 4.59. The van der Waals surface area contributed by atoms with Crippen molar-refractivity contribution < 1.29 is 9.63 Å². The predicted molar refractivity (Wildman–Crippen MR) is 113 cm³/mol. The number of nitrogens with zero attached hydrogens (tertiary/aromatic N) is 2. The lowest BCUT2D eigenvalue weighted by Crippen LogP contribution is -2.35. The van der Waals surface area contributed by atoms with Crippen molar-refractivity contribution in [3.63, 3.8) is 0 Å². The van der Waals surface area contributed by atoms with E-state index in [0.29, 0.717) is 0 Å². The summed E-state index contributed by atoms with van der Waals surface area (Å²) in [6.45, 7) is 4.34. The normalized spacial score (nSPS) is 13.8. The summed E-state index contributed by atoms with van der Waals surface area (Å²) in [5.41, 5.74) is 5.64. The minimum Gasteiger partial charge on any atom is -0.373 e. The molecule has 1 aliphatic rings. The highest BCUT2D eigenvalue weighted by atomic mass is 127. The summed E-state index contributed by atoms with van der Waals surface area (Å²) in [5, 5.41) is 4.24. The third kappa shape index (κ3) is 5.09. The van der Waals surface area contributed by atoms with Crippen LogP contribution in [-0.4, -0.2) is 24.2 Å². The molecule has 1 aromatic carbocycles. The van der Waals surface area contributed by atoms with Gasteiger partial charge in [-0.1, -0.05) is 53.7 Å². The van der Waals surface area contributed by atoms with Crippen LogP contribution in [0.2, 0.25) is 0 Å². The van der Waals surface area contributed by atoms with E-state index >= 15 is 0 Å². The topological polar surface area (TPSA) is 41.9 Å². The fraction of sp³-hybridized carbons (Fsp3) is 0.579. The van der Waals surface area contributed by atoms with Crippen molar-refractivity contribution in [1.82, 2.24) is 0 Å². The zero-order chi connectivity index (χ0) is 18.2. The highest BCUT2D eigenvalue weighted by molar-refractivity contribution is 14.1. The van der Waals surface area contributed by atoms with E-state index in [9.17, 15) is 4.79 Å². The summed E-state index contributed by atoms with van der Waals surface area (Å²) < 4.78 is 0.907. The SMILES string of the molecule is CCc1ccc(CI)c(CC)c1N(CON=C1CCCC1)C(=O)CCl.